The molecular formula is C15H22FN. The number of benzene rings is 1. The Morgan fingerprint density at radius 2 is 1.53 bits per heavy atom. The Morgan fingerprint density at radius 1 is 0.941 bits per heavy atom. The van der Waals surface area contributed by atoms with Crippen LogP contribution in [0.25, 0.3) is 10.9 Å². The van der Waals surface area contributed by atoms with Gasteiger partial charge in [-0.2, -0.15) is 0 Å². The van der Waals surface area contributed by atoms with Gasteiger partial charge in [0.05, 0.1) is 5.52 Å². The number of hydrogen-bond acceptors (Lipinski definition) is 1. The maximum atomic E-state index is 13.0. The topological polar surface area (TPSA) is 12.9 Å². The highest BCUT2D eigenvalue weighted by atomic mass is 19.1. The smallest absolute Gasteiger partial charge is 0.124 e. The van der Waals surface area contributed by atoms with E-state index in [1.807, 2.05) is 47.6 Å². The molecule has 0 unspecified atom stereocenters. The molecule has 0 N–H and O–H groups in total. The van der Waals surface area contributed by atoms with Crippen LogP contribution in [0.1, 0.15) is 38.8 Å². The van der Waals surface area contributed by atoms with Crippen molar-refractivity contribution < 1.29 is 4.39 Å². The first kappa shape index (κ1) is 15.6. The number of hydrogen-bond donors (Lipinski definition) is 0. The van der Waals surface area contributed by atoms with E-state index < -0.39 is 0 Å². The molecule has 2 aromatic rings. The van der Waals surface area contributed by atoms with E-state index in [-0.39, 0.29) is 5.82 Å². The zero-order valence-corrected chi connectivity index (χ0v) is 11.6. The second-order valence-electron chi connectivity index (χ2n) is 3.25. The Morgan fingerprint density at radius 3 is 2.12 bits per heavy atom. The van der Waals surface area contributed by atoms with Gasteiger partial charge in [0.15, 0.2) is 0 Å². The normalized spacial score (nSPS) is 8.88. The van der Waals surface area contributed by atoms with Crippen molar-refractivity contribution in [2.24, 2.45) is 0 Å². The zero-order valence-electron chi connectivity index (χ0n) is 11.6. The third kappa shape index (κ3) is 3.81. The first-order valence-electron chi connectivity index (χ1n) is 6.20. The van der Waals surface area contributed by atoms with Gasteiger partial charge in [0.25, 0.3) is 0 Å². The van der Waals surface area contributed by atoms with Crippen LogP contribution in [0.3, 0.4) is 0 Å². The van der Waals surface area contributed by atoms with E-state index in [2.05, 4.69) is 4.98 Å². The Hall–Kier alpha value is -1.44. The van der Waals surface area contributed by atoms with Crippen LogP contribution in [-0.2, 0) is 0 Å². The van der Waals surface area contributed by atoms with Crippen LogP contribution >= 0.6 is 0 Å². The van der Waals surface area contributed by atoms with E-state index in [1.165, 1.54) is 12.1 Å². The molecule has 0 atom stereocenters. The van der Waals surface area contributed by atoms with Crippen molar-refractivity contribution in [3.05, 3.63) is 41.3 Å². The van der Waals surface area contributed by atoms with Gasteiger partial charge in [-0.1, -0.05) is 27.7 Å². The predicted octanol–water partition coefficient (Wildman–Crippen LogP) is 5.04. The van der Waals surface area contributed by atoms with Crippen molar-refractivity contribution in [3.8, 4) is 0 Å². The minimum atomic E-state index is -0.193. The molecule has 94 valence electrons. The van der Waals surface area contributed by atoms with Crippen LogP contribution in [-0.4, -0.2) is 4.98 Å². The fourth-order valence-corrected chi connectivity index (χ4v) is 1.52. The lowest BCUT2D eigenvalue weighted by Crippen LogP contribution is -1.87. The van der Waals surface area contributed by atoms with Crippen molar-refractivity contribution in [1.29, 1.82) is 0 Å². The quantitative estimate of drug-likeness (QED) is 0.623. The Kier molecular flexibility index (Phi) is 7.11. The molecule has 1 heterocycles. The standard InChI is InChI=1S/C11H10FN.2C2H6/c1-7-3-4-13-11-8(2)5-9(12)6-10(7)11;2*1-2/h3-6H,1-2H3;2*1-2H3. The molecule has 1 aromatic carbocycles. The highest BCUT2D eigenvalue weighted by Gasteiger charge is 2.03. The van der Waals surface area contributed by atoms with Crippen LogP contribution in [0.2, 0.25) is 0 Å². The Balaban J connectivity index is 0.000000581. The van der Waals surface area contributed by atoms with E-state index in [0.29, 0.717) is 0 Å². The predicted molar refractivity (Wildman–Crippen MR) is 73.9 cm³/mol. The number of fused-ring (bicyclic) bond motifs is 1. The second-order valence-corrected chi connectivity index (χ2v) is 3.25. The molecule has 0 spiro atoms. The van der Waals surface area contributed by atoms with Crippen LogP contribution in [0.15, 0.2) is 24.4 Å². The van der Waals surface area contributed by atoms with E-state index >= 15 is 0 Å². The summed E-state index contributed by atoms with van der Waals surface area (Å²) in [6.07, 6.45) is 1.75. The van der Waals surface area contributed by atoms with Crippen molar-refractivity contribution in [2.45, 2.75) is 41.5 Å². The fourth-order valence-electron chi connectivity index (χ4n) is 1.52. The summed E-state index contributed by atoms with van der Waals surface area (Å²) in [5, 5.41) is 0.903. The maximum absolute atomic E-state index is 13.0. The summed E-state index contributed by atoms with van der Waals surface area (Å²) in [6, 6.07) is 4.93. The number of rotatable bonds is 0. The van der Waals surface area contributed by atoms with Crippen LogP contribution < -0.4 is 0 Å². The lowest BCUT2D eigenvalue weighted by molar-refractivity contribution is 0.628. The molecule has 0 radical (unpaired) electrons. The third-order valence-corrected chi connectivity index (χ3v) is 2.22. The van der Waals surface area contributed by atoms with Gasteiger partial charge in [-0.25, -0.2) is 4.39 Å². The summed E-state index contributed by atoms with van der Waals surface area (Å²) in [4.78, 5) is 4.22. The summed E-state index contributed by atoms with van der Waals surface area (Å²) in [5.74, 6) is -0.193. The van der Waals surface area contributed by atoms with Crippen LogP contribution in [0, 0.1) is 19.7 Å². The zero-order chi connectivity index (χ0) is 13.4. The third-order valence-electron chi connectivity index (χ3n) is 2.22. The average molecular weight is 235 g/mol. The molecule has 1 aromatic heterocycles. The number of pyridine rings is 1. The van der Waals surface area contributed by atoms with Gasteiger partial charge in [0.1, 0.15) is 5.82 Å². The number of halogens is 1. The number of aryl methyl sites for hydroxylation is 2. The van der Waals surface area contributed by atoms with Crippen molar-refractivity contribution >= 4 is 10.9 Å². The molecule has 0 aliphatic rings. The monoisotopic (exact) mass is 235 g/mol. The first-order valence-corrected chi connectivity index (χ1v) is 6.20. The summed E-state index contributed by atoms with van der Waals surface area (Å²) in [6.45, 7) is 11.8. The van der Waals surface area contributed by atoms with E-state index in [4.69, 9.17) is 0 Å². The molecule has 17 heavy (non-hydrogen) atoms. The molecule has 0 aliphatic carbocycles. The highest BCUT2D eigenvalue weighted by Crippen LogP contribution is 2.20. The number of nitrogens with zero attached hydrogens (tertiary/aromatic N) is 1. The van der Waals surface area contributed by atoms with Crippen molar-refractivity contribution in [1.82, 2.24) is 4.98 Å². The Labute approximate surface area is 104 Å². The molecule has 0 aliphatic heterocycles. The summed E-state index contributed by atoms with van der Waals surface area (Å²) < 4.78 is 13.0. The molecule has 2 heteroatoms. The van der Waals surface area contributed by atoms with Crippen molar-refractivity contribution in [2.75, 3.05) is 0 Å². The lowest BCUT2D eigenvalue weighted by atomic mass is 10.1. The van der Waals surface area contributed by atoms with Crippen LogP contribution in [0.5, 0.6) is 0 Å². The number of aromatic nitrogens is 1. The molecule has 0 saturated carbocycles. The minimum Gasteiger partial charge on any atom is -0.256 e. The molecule has 1 nitrogen and oxygen atoms in total. The maximum Gasteiger partial charge on any atom is 0.124 e. The van der Waals surface area contributed by atoms with E-state index in [9.17, 15) is 4.39 Å². The minimum absolute atomic E-state index is 0.193. The molecule has 0 bridgehead atoms. The van der Waals surface area contributed by atoms with E-state index in [1.54, 1.807) is 6.20 Å². The van der Waals surface area contributed by atoms with Crippen LogP contribution in [0.4, 0.5) is 4.39 Å². The van der Waals surface area contributed by atoms with Gasteiger partial charge in [-0.3, -0.25) is 4.98 Å². The van der Waals surface area contributed by atoms with Gasteiger partial charge >= 0.3 is 0 Å². The molecular weight excluding hydrogens is 213 g/mol. The molecule has 0 saturated heterocycles. The van der Waals surface area contributed by atoms with Crippen molar-refractivity contribution in [3.63, 3.8) is 0 Å². The van der Waals surface area contributed by atoms with Gasteiger partial charge in [-0.15, -0.1) is 0 Å². The SMILES string of the molecule is CC.CC.Cc1ccnc2c(C)cc(F)cc12. The second kappa shape index (κ2) is 7.77. The summed E-state index contributed by atoms with van der Waals surface area (Å²) in [5.41, 5.74) is 2.84. The lowest BCUT2D eigenvalue weighted by Gasteiger charge is -2.03. The Bertz CT molecular complexity index is 464. The molecule has 0 amide bonds. The highest BCUT2D eigenvalue weighted by molar-refractivity contribution is 5.84. The van der Waals surface area contributed by atoms with Gasteiger partial charge in [0.2, 0.25) is 0 Å². The van der Waals surface area contributed by atoms with Gasteiger partial charge in [-0.05, 0) is 43.2 Å². The summed E-state index contributed by atoms with van der Waals surface area (Å²) >= 11 is 0. The first-order chi connectivity index (χ1) is 8.18. The van der Waals surface area contributed by atoms with Gasteiger partial charge in [0, 0.05) is 11.6 Å². The fraction of sp³-hybridized carbons (Fsp3) is 0.400. The van der Waals surface area contributed by atoms with Gasteiger partial charge < -0.3 is 0 Å². The largest absolute Gasteiger partial charge is 0.256 e. The summed E-state index contributed by atoms with van der Waals surface area (Å²) in [7, 11) is 0. The molecule has 0 fully saturated rings. The average Bonchev–Trinajstić information content (AvgIpc) is 2.36. The van der Waals surface area contributed by atoms with E-state index in [0.717, 1.165) is 22.0 Å². The molecule has 2 rings (SSSR count).